The third-order valence-corrected chi connectivity index (χ3v) is 7.11. The van der Waals surface area contributed by atoms with Crippen molar-refractivity contribution in [2.45, 2.75) is 44.6 Å². The van der Waals surface area contributed by atoms with Gasteiger partial charge in [-0.15, -0.1) is 0 Å². The Morgan fingerprint density at radius 1 is 1.23 bits per heavy atom. The SMILES string of the molecule is Cc1ccc2c(c1)C(=O)CCC2C(=O)N1CCSCC1CN1CCCC1. The first kappa shape index (κ1) is 18.1. The maximum atomic E-state index is 13.5. The van der Waals surface area contributed by atoms with Crippen LogP contribution in [-0.2, 0) is 4.79 Å². The molecule has 0 aromatic heterocycles. The number of likely N-dealkylation sites (tertiary alicyclic amines) is 1. The highest BCUT2D eigenvalue weighted by Gasteiger charge is 2.37. The molecule has 2 fully saturated rings. The maximum Gasteiger partial charge on any atom is 0.230 e. The molecule has 2 heterocycles. The Morgan fingerprint density at radius 2 is 2.04 bits per heavy atom. The van der Waals surface area contributed by atoms with Crippen molar-refractivity contribution >= 4 is 23.5 Å². The van der Waals surface area contributed by atoms with Crippen LogP contribution in [0.2, 0.25) is 0 Å². The molecule has 1 aliphatic carbocycles. The second-order valence-electron chi connectivity index (χ2n) is 7.87. The fourth-order valence-electron chi connectivity index (χ4n) is 4.60. The minimum atomic E-state index is -0.146. The van der Waals surface area contributed by atoms with E-state index in [0.29, 0.717) is 18.9 Å². The van der Waals surface area contributed by atoms with Crippen LogP contribution in [0.15, 0.2) is 18.2 Å². The van der Waals surface area contributed by atoms with E-state index in [1.165, 1.54) is 25.9 Å². The Morgan fingerprint density at radius 3 is 2.85 bits per heavy atom. The molecule has 0 radical (unpaired) electrons. The van der Waals surface area contributed by atoms with Gasteiger partial charge in [-0.1, -0.05) is 17.7 Å². The second-order valence-corrected chi connectivity index (χ2v) is 9.02. The fraction of sp³-hybridized carbons (Fsp3) is 0.619. The van der Waals surface area contributed by atoms with Gasteiger partial charge in [-0.25, -0.2) is 0 Å². The minimum absolute atomic E-state index is 0.146. The number of aryl methyl sites for hydroxylation is 1. The number of hydrogen-bond acceptors (Lipinski definition) is 4. The lowest BCUT2D eigenvalue weighted by molar-refractivity contribution is -0.135. The third-order valence-electron chi connectivity index (χ3n) is 6.02. The van der Waals surface area contributed by atoms with Crippen molar-refractivity contribution in [3.8, 4) is 0 Å². The highest BCUT2D eigenvalue weighted by atomic mass is 32.2. The third kappa shape index (κ3) is 3.56. The molecule has 0 spiro atoms. The van der Waals surface area contributed by atoms with Crippen molar-refractivity contribution < 1.29 is 9.59 Å². The molecule has 2 aliphatic heterocycles. The number of carbonyl (C=O) groups is 2. The monoisotopic (exact) mass is 372 g/mol. The molecule has 26 heavy (non-hydrogen) atoms. The van der Waals surface area contributed by atoms with Gasteiger partial charge in [-0.2, -0.15) is 11.8 Å². The molecular weight excluding hydrogens is 344 g/mol. The highest BCUT2D eigenvalue weighted by molar-refractivity contribution is 7.99. The summed E-state index contributed by atoms with van der Waals surface area (Å²) in [7, 11) is 0. The first-order valence-electron chi connectivity index (χ1n) is 9.88. The number of ketones is 1. The smallest absolute Gasteiger partial charge is 0.230 e. The summed E-state index contributed by atoms with van der Waals surface area (Å²) in [6.45, 7) is 6.19. The van der Waals surface area contributed by atoms with E-state index in [0.717, 1.165) is 41.3 Å². The Balaban J connectivity index is 1.55. The molecule has 1 aromatic carbocycles. The summed E-state index contributed by atoms with van der Waals surface area (Å²) in [5.74, 6) is 2.35. The second kappa shape index (κ2) is 7.73. The quantitative estimate of drug-likeness (QED) is 0.818. The molecule has 3 aliphatic rings. The van der Waals surface area contributed by atoms with Crippen molar-refractivity contribution in [1.82, 2.24) is 9.80 Å². The van der Waals surface area contributed by atoms with Gasteiger partial charge in [0.1, 0.15) is 0 Å². The predicted octanol–water partition coefficient (Wildman–Crippen LogP) is 3.09. The van der Waals surface area contributed by atoms with Crippen LogP contribution in [0.25, 0.3) is 0 Å². The van der Waals surface area contributed by atoms with Gasteiger partial charge >= 0.3 is 0 Å². The van der Waals surface area contributed by atoms with Crippen LogP contribution in [0.5, 0.6) is 0 Å². The Labute approximate surface area is 160 Å². The number of benzene rings is 1. The molecule has 0 bridgehead atoms. The molecule has 0 saturated carbocycles. The molecule has 5 heteroatoms. The van der Waals surface area contributed by atoms with E-state index < -0.39 is 0 Å². The maximum absolute atomic E-state index is 13.5. The minimum Gasteiger partial charge on any atom is -0.336 e. The summed E-state index contributed by atoms with van der Waals surface area (Å²) >= 11 is 1.97. The lowest BCUT2D eigenvalue weighted by atomic mass is 9.80. The van der Waals surface area contributed by atoms with Crippen LogP contribution in [0, 0.1) is 6.92 Å². The lowest BCUT2D eigenvalue weighted by Crippen LogP contribution is -2.52. The summed E-state index contributed by atoms with van der Waals surface area (Å²) in [6.07, 6.45) is 3.72. The molecule has 0 N–H and O–H groups in total. The van der Waals surface area contributed by atoms with Gasteiger partial charge in [0.2, 0.25) is 5.91 Å². The van der Waals surface area contributed by atoms with E-state index in [9.17, 15) is 9.59 Å². The van der Waals surface area contributed by atoms with E-state index in [1.807, 2.05) is 36.9 Å². The number of hydrogen-bond donors (Lipinski definition) is 0. The Kier molecular flexibility index (Phi) is 5.37. The number of amides is 1. The number of fused-ring (bicyclic) bond motifs is 1. The highest BCUT2D eigenvalue weighted by Crippen LogP contribution is 2.35. The Bertz CT molecular complexity index is 699. The normalized spacial score (nSPS) is 26.8. The van der Waals surface area contributed by atoms with E-state index in [1.54, 1.807) is 0 Å². The molecule has 4 nitrogen and oxygen atoms in total. The molecule has 2 unspecified atom stereocenters. The zero-order valence-corrected chi connectivity index (χ0v) is 16.4. The predicted molar refractivity (Wildman–Crippen MR) is 106 cm³/mol. The largest absolute Gasteiger partial charge is 0.336 e. The summed E-state index contributed by atoms with van der Waals surface area (Å²) in [5, 5.41) is 0. The summed E-state index contributed by atoms with van der Waals surface area (Å²) in [5.41, 5.74) is 2.82. The lowest BCUT2D eigenvalue weighted by Gasteiger charge is -2.40. The number of carbonyl (C=O) groups excluding carboxylic acids is 2. The van der Waals surface area contributed by atoms with E-state index in [4.69, 9.17) is 0 Å². The first-order valence-corrected chi connectivity index (χ1v) is 11.0. The summed E-state index contributed by atoms with van der Waals surface area (Å²) in [4.78, 5) is 30.5. The van der Waals surface area contributed by atoms with Gasteiger partial charge < -0.3 is 9.80 Å². The van der Waals surface area contributed by atoms with Gasteiger partial charge in [-0.3, -0.25) is 9.59 Å². The Hall–Kier alpha value is -1.33. The topological polar surface area (TPSA) is 40.6 Å². The summed E-state index contributed by atoms with van der Waals surface area (Å²) < 4.78 is 0. The molecule has 2 saturated heterocycles. The van der Waals surface area contributed by atoms with Gasteiger partial charge in [0.05, 0.1) is 12.0 Å². The van der Waals surface area contributed by atoms with Crippen molar-refractivity contribution in [1.29, 1.82) is 0 Å². The van der Waals surface area contributed by atoms with Crippen molar-refractivity contribution in [2.75, 3.05) is 37.7 Å². The molecule has 4 rings (SSSR count). The van der Waals surface area contributed by atoms with E-state index >= 15 is 0 Å². The molecular formula is C21H28N2O2S. The van der Waals surface area contributed by atoms with Gasteiger partial charge in [0.25, 0.3) is 0 Å². The molecule has 1 aromatic rings. The van der Waals surface area contributed by atoms with E-state index in [-0.39, 0.29) is 17.6 Å². The van der Waals surface area contributed by atoms with Crippen LogP contribution < -0.4 is 0 Å². The van der Waals surface area contributed by atoms with Crippen LogP contribution in [0.1, 0.15) is 53.1 Å². The van der Waals surface area contributed by atoms with Crippen LogP contribution in [0.4, 0.5) is 0 Å². The zero-order chi connectivity index (χ0) is 18.1. The van der Waals surface area contributed by atoms with Gasteiger partial charge in [0, 0.05) is 36.6 Å². The molecule has 2 atom stereocenters. The van der Waals surface area contributed by atoms with E-state index in [2.05, 4.69) is 9.80 Å². The van der Waals surface area contributed by atoms with Crippen molar-refractivity contribution in [3.05, 3.63) is 34.9 Å². The summed E-state index contributed by atoms with van der Waals surface area (Å²) in [6, 6.07) is 6.32. The number of nitrogens with zero attached hydrogens (tertiary/aromatic N) is 2. The molecule has 140 valence electrons. The number of Topliss-reactive ketones (excluding diaryl/α,β-unsaturated/α-hetero) is 1. The first-order chi connectivity index (χ1) is 12.6. The zero-order valence-electron chi connectivity index (χ0n) is 15.6. The van der Waals surface area contributed by atoms with Gasteiger partial charge in [0.15, 0.2) is 5.78 Å². The van der Waals surface area contributed by atoms with Crippen LogP contribution >= 0.6 is 11.8 Å². The number of thioether (sulfide) groups is 1. The average molecular weight is 373 g/mol. The van der Waals surface area contributed by atoms with Crippen LogP contribution in [0.3, 0.4) is 0 Å². The number of rotatable bonds is 3. The van der Waals surface area contributed by atoms with Crippen LogP contribution in [-0.4, -0.2) is 65.2 Å². The molecule has 1 amide bonds. The fourth-order valence-corrected chi connectivity index (χ4v) is 5.65. The van der Waals surface area contributed by atoms with Gasteiger partial charge in [-0.05, 0) is 50.9 Å². The van der Waals surface area contributed by atoms with Crippen molar-refractivity contribution in [2.24, 2.45) is 0 Å². The average Bonchev–Trinajstić information content (AvgIpc) is 3.15. The standard InChI is InChI=1S/C21H28N2O2S/c1-15-4-5-17-18(6-7-20(24)19(17)12-15)21(25)23-10-11-26-14-16(23)13-22-8-2-3-9-22/h4-5,12,16,18H,2-3,6-11,13-14H2,1H3. The van der Waals surface area contributed by atoms with Crippen molar-refractivity contribution in [3.63, 3.8) is 0 Å².